The second-order valence-corrected chi connectivity index (χ2v) is 10.0. The number of morpholine rings is 1. The van der Waals surface area contributed by atoms with Crippen LogP contribution in [-0.4, -0.2) is 50.8 Å². The number of hydrogen-bond acceptors (Lipinski definition) is 5. The minimum Gasteiger partial charge on any atom is -0.379 e. The minimum absolute atomic E-state index is 0.0248. The van der Waals surface area contributed by atoms with Crippen molar-refractivity contribution in [3.05, 3.63) is 96.1 Å². The van der Waals surface area contributed by atoms with E-state index < -0.39 is 16.1 Å². The van der Waals surface area contributed by atoms with Crippen LogP contribution in [0.5, 0.6) is 0 Å². The number of hydrogen-bond donors (Lipinski definition) is 2. The molecule has 0 aromatic heterocycles. The lowest BCUT2D eigenvalue weighted by Crippen LogP contribution is -2.40. The van der Waals surface area contributed by atoms with Crippen molar-refractivity contribution in [2.24, 2.45) is 0 Å². The van der Waals surface area contributed by atoms with E-state index in [1.54, 1.807) is 36.4 Å². The number of amides is 2. The number of anilines is 1. The summed E-state index contributed by atoms with van der Waals surface area (Å²) in [6, 6.07) is 23.6. The first-order chi connectivity index (χ1) is 16.9. The summed E-state index contributed by atoms with van der Waals surface area (Å²) in [6.07, 6.45) is -0.0248. The number of nitrogens with one attached hydrogen (secondary N) is 2. The highest BCUT2D eigenvalue weighted by Crippen LogP contribution is 2.22. The molecular weight excluding hydrogens is 466 g/mol. The van der Waals surface area contributed by atoms with Gasteiger partial charge in [0, 0.05) is 24.3 Å². The molecule has 4 rings (SSSR count). The van der Waals surface area contributed by atoms with Crippen molar-refractivity contribution in [3.63, 3.8) is 0 Å². The van der Waals surface area contributed by atoms with Crippen LogP contribution in [0.25, 0.3) is 0 Å². The van der Waals surface area contributed by atoms with Crippen molar-refractivity contribution in [1.82, 2.24) is 9.62 Å². The molecule has 0 radical (unpaired) electrons. The highest BCUT2D eigenvalue weighted by Gasteiger charge is 2.27. The van der Waals surface area contributed by atoms with E-state index in [9.17, 15) is 18.0 Å². The number of carbonyl (C=O) groups excluding carboxylic acids is 2. The normalized spacial score (nSPS) is 15.2. The molecule has 3 aromatic rings. The molecule has 1 heterocycles. The summed E-state index contributed by atoms with van der Waals surface area (Å²) < 4.78 is 32.5. The Balaban J connectivity index is 1.48. The summed E-state index contributed by atoms with van der Waals surface area (Å²) in [4.78, 5) is 25.8. The second kappa shape index (κ2) is 11.3. The van der Waals surface area contributed by atoms with Crippen LogP contribution in [0.2, 0.25) is 0 Å². The Morgan fingerprint density at radius 1 is 0.886 bits per heavy atom. The summed E-state index contributed by atoms with van der Waals surface area (Å²) in [5.74, 6) is -0.640. The molecule has 0 unspecified atom stereocenters. The number of benzene rings is 3. The molecule has 1 fully saturated rings. The van der Waals surface area contributed by atoms with E-state index in [1.165, 1.54) is 16.4 Å². The third-order valence-corrected chi connectivity index (χ3v) is 7.55. The number of ether oxygens (including phenoxy) is 1. The van der Waals surface area contributed by atoms with E-state index >= 15 is 0 Å². The second-order valence-electron chi connectivity index (χ2n) is 8.10. The van der Waals surface area contributed by atoms with E-state index in [4.69, 9.17) is 4.74 Å². The number of rotatable bonds is 8. The summed E-state index contributed by atoms with van der Waals surface area (Å²) in [5.41, 5.74) is 1.65. The summed E-state index contributed by atoms with van der Waals surface area (Å²) >= 11 is 0. The van der Waals surface area contributed by atoms with Gasteiger partial charge in [0.25, 0.3) is 5.91 Å². The molecule has 1 aliphatic heterocycles. The number of carbonyl (C=O) groups is 2. The lowest BCUT2D eigenvalue weighted by Gasteiger charge is -2.26. The van der Waals surface area contributed by atoms with Gasteiger partial charge in [-0.3, -0.25) is 9.59 Å². The Hall–Kier alpha value is -3.53. The van der Waals surface area contributed by atoms with Crippen LogP contribution in [0.1, 0.15) is 28.4 Å². The first-order valence-electron chi connectivity index (χ1n) is 11.3. The molecule has 1 aliphatic rings. The predicted octanol–water partition coefficient (Wildman–Crippen LogP) is 3.21. The molecule has 0 saturated carbocycles. The van der Waals surface area contributed by atoms with Crippen LogP contribution in [0.3, 0.4) is 0 Å². The molecule has 2 amide bonds. The lowest BCUT2D eigenvalue weighted by molar-refractivity contribution is -0.116. The van der Waals surface area contributed by atoms with Crippen LogP contribution in [0.15, 0.2) is 89.8 Å². The third kappa shape index (κ3) is 6.33. The van der Waals surface area contributed by atoms with E-state index in [1.807, 2.05) is 36.4 Å². The van der Waals surface area contributed by atoms with Gasteiger partial charge < -0.3 is 15.4 Å². The van der Waals surface area contributed by atoms with Crippen molar-refractivity contribution in [2.45, 2.75) is 17.4 Å². The molecule has 8 nitrogen and oxygen atoms in total. The van der Waals surface area contributed by atoms with Crippen molar-refractivity contribution in [2.75, 3.05) is 31.6 Å². The standard InChI is InChI=1S/C26H27N3O5S/c30-25(27-22-12-7-13-23(18-22)35(32,33)29-14-16-34-17-15-29)19-24(20-8-3-1-4-9-20)28-26(31)21-10-5-2-6-11-21/h1-13,18,24H,14-17,19H2,(H,27,30)(H,28,31)/t24-/m0/s1. The summed E-state index contributed by atoms with van der Waals surface area (Å²) in [7, 11) is -3.69. The highest BCUT2D eigenvalue weighted by molar-refractivity contribution is 7.89. The molecule has 0 spiro atoms. The maximum absolute atomic E-state index is 13.0. The Labute approximate surface area is 205 Å². The minimum atomic E-state index is -3.69. The van der Waals surface area contributed by atoms with E-state index in [0.717, 1.165) is 5.56 Å². The van der Waals surface area contributed by atoms with Crippen molar-refractivity contribution in [3.8, 4) is 0 Å². The van der Waals surface area contributed by atoms with Gasteiger partial charge in [-0.2, -0.15) is 4.31 Å². The van der Waals surface area contributed by atoms with Gasteiger partial charge in [-0.05, 0) is 35.9 Å². The fourth-order valence-corrected chi connectivity index (χ4v) is 5.29. The van der Waals surface area contributed by atoms with Crippen molar-refractivity contribution < 1.29 is 22.7 Å². The van der Waals surface area contributed by atoms with Crippen molar-refractivity contribution >= 4 is 27.5 Å². The molecule has 35 heavy (non-hydrogen) atoms. The summed E-state index contributed by atoms with van der Waals surface area (Å²) in [5, 5.41) is 5.70. The molecular formula is C26H27N3O5S. The first-order valence-corrected chi connectivity index (χ1v) is 12.8. The molecule has 9 heteroatoms. The SMILES string of the molecule is O=C(C[C@H](NC(=O)c1ccccc1)c1ccccc1)Nc1cccc(S(=O)(=O)N2CCOCC2)c1. The Morgan fingerprint density at radius 3 is 2.23 bits per heavy atom. The quantitative estimate of drug-likeness (QED) is 0.501. The fourth-order valence-electron chi connectivity index (χ4n) is 3.84. The molecule has 182 valence electrons. The average molecular weight is 494 g/mol. The van der Waals surface area contributed by atoms with E-state index in [-0.39, 0.29) is 23.1 Å². The maximum atomic E-state index is 13.0. The third-order valence-electron chi connectivity index (χ3n) is 5.66. The molecule has 1 atom stereocenters. The predicted molar refractivity (Wildman–Crippen MR) is 132 cm³/mol. The average Bonchev–Trinajstić information content (AvgIpc) is 2.90. The first kappa shape index (κ1) is 24.6. The van der Waals surface area contributed by atoms with Gasteiger partial charge in [0.1, 0.15) is 0 Å². The molecule has 2 N–H and O–H groups in total. The molecule has 1 saturated heterocycles. The van der Waals surface area contributed by atoms with Gasteiger partial charge in [0.2, 0.25) is 15.9 Å². The summed E-state index contributed by atoms with van der Waals surface area (Å²) in [6.45, 7) is 1.29. The zero-order valence-corrected chi connectivity index (χ0v) is 19.9. The van der Waals surface area contributed by atoms with E-state index in [2.05, 4.69) is 10.6 Å². The number of sulfonamides is 1. The van der Waals surface area contributed by atoms with Crippen LogP contribution in [-0.2, 0) is 19.6 Å². The smallest absolute Gasteiger partial charge is 0.251 e. The number of nitrogens with zero attached hydrogens (tertiary/aromatic N) is 1. The van der Waals surface area contributed by atoms with Crippen LogP contribution in [0, 0.1) is 0 Å². The Bertz CT molecular complexity index is 1260. The van der Waals surface area contributed by atoms with Crippen LogP contribution >= 0.6 is 0 Å². The van der Waals surface area contributed by atoms with Crippen molar-refractivity contribution in [1.29, 1.82) is 0 Å². The lowest BCUT2D eigenvalue weighted by atomic mass is 10.0. The van der Waals surface area contributed by atoms with E-state index in [0.29, 0.717) is 37.6 Å². The Morgan fingerprint density at radius 2 is 1.54 bits per heavy atom. The molecule has 3 aromatic carbocycles. The Kier molecular flexibility index (Phi) is 7.91. The highest BCUT2D eigenvalue weighted by atomic mass is 32.2. The fraction of sp³-hybridized carbons (Fsp3) is 0.231. The maximum Gasteiger partial charge on any atom is 0.251 e. The van der Waals surface area contributed by atoms with Crippen LogP contribution in [0.4, 0.5) is 5.69 Å². The monoisotopic (exact) mass is 493 g/mol. The van der Waals surface area contributed by atoms with Gasteiger partial charge in [-0.25, -0.2) is 8.42 Å². The van der Waals surface area contributed by atoms with Gasteiger partial charge in [-0.15, -0.1) is 0 Å². The zero-order chi connectivity index (χ0) is 24.7. The van der Waals surface area contributed by atoms with Gasteiger partial charge in [0.15, 0.2) is 0 Å². The van der Waals surface area contributed by atoms with Crippen LogP contribution < -0.4 is 10.6 Å². The van der Waals surface area contributed by atoms with Gasteiger partial charge >= 0.3 is 0 Å². The van der Waals surface area contributed by atoms with Gasteiger partial charge in [-0.1, -0.05) is 54.6 Å². The van der Waals surface area contributed by atoms with Gasteiger partial charge in [0.05, 0.1) is 30.6 Å². The molecule has 0 bridgehead atoms. The molecule has 0 aliphatic carbocycles. The largest absolute Gasteiger partial charge is 0.379 e. The zero-order valence-electron chi connectivity index (χ0n) is 19.1. The topological polar surface area (TPSA) is 105 Å².